The Kier molecular flexibility index (Phi) is 7.79. The highest BCUT2D eigenvalue weighted by Crippen LogP contribution is 2.68. The lowest BCUT2D eigenvalue weighted by molar-refractivity contribution is -0.142. The number of aromatic amines is 1. The molecule has 1 aromatic heterocycles. The molecule has 2 saturated carbocycles. The molecule has 7 rings (SSSR count). The number of thioether (sulfide) groups is 1. The summed E-state index contributed by atoms with van der Waals surface area (Å²) in [6, 6.07) is 12.4. The van der Waals surface area contributed by atoms with Gasteiger partial charge in [-0.15, -0.1) is 11.8 Å². The van der Waals surface area contributed by atoms with Crippen molar-refractivity contribution in [1.29, 1.82) is 0 Å². The minimum atomic E-state index is -1.06. The summed E-state index contributed by atoms with van der Waals surface area (Å²) in [4.78, 5) is 68.2. The maximum atomic E-state index is 13.6. The number of hydrogen-bond donors (Lipinski definition) is 3. The van der Waals surface area contributed by atoms with Crippen LogP contribution in [-0.2, 0) is 19.2 Å². The lowest BCUT2D eigenvalue weighted by Gasteiger charge is -2.43. The van der Waals surface area contributed by atoms with E-state index in [9.17, 15) is 24.0 Å². The van der Waals surface area contributed by atoms with Crippen LogP contribution in [0.5, 0.6) is 17.2 Å². The molecular formula is C32H31N3O9S2. The number of ether oxygens (including phenoxy) is 3. The van der Waals surface area contributed by atoms with Crippen LogP contribution in [0.25, 0.3) is 0 Å². The molecule has 2 bridgehead atoms. The quantitative estimate of drug-likeness (QED) is 0.274. The van der Waals surface area contributed by atoms with Gasteiger partial charge < -0.3 is 29.6 Å². The molecule has 240 valence electrons. The van der Waals surface area contributed by atoms with E-state index in [4.69, 9.17) is 19.3 Å². The highest BCUT2D eigenvalue weighted by Gasteiger charge is 2.69. The van der Waals surface area contributed by atoms with Crippen molar-refractivity contribution in [2.45, 2.75) is 29.0 Å². The molecule has 46 heavy (non-hydrogen) atoms. The number of nitrogens with one attached hydrogen (secondary N) is 2. The fraction of sp³-hybridized carbons (Fsp3) is 0.406. The highest BCUT2D eigenvalue weighted by molar-refractivity contribution is 8.00. The van der Waals surface area contributed by atoms with E-state index < -0.39 is 17.8 Å². The van der Waals surface area contributed by atoms with E-state index in [0.717, 1.165) is 38.1 Å². The Labute approximate surface area is 271 Å². The number of carboxylic acids is 1. The summed E-state index contributed by atoms with van der Waals surface area (Å²) in [6.45, 7) is -0.375. The lowest BCUT2D eigenvalue weighted by Crippen LogP contribution is -2.42. The number of thiazole rings is 1. The number of rotatable bonds is 10. The summed E-state index contributed by atoms with van der Waals surface area (Å²) in [5.74, 6) is -1.90. The van der Waals surface area contributed by atoms with E-state index >= 15 is 0 Å². The molecule has 14 heteroatoms. The molecule has 6 unspecified atom stereocenters. The van der Waals surface area contributed by atoms with Gasteiger partial charge in [0.05, 0.1) is 37.5 Å². The van der Waals surface area contributed by atoms with Crippen LogP contribution >= 0.6 is 23.1 Å². The fourth-order valence-electron chi connectivity index (χ4n) is 7.89. The first-order chi connectivity index (χ1) is 22.2. The Morgan fingerprint density at radius 3 is 2.43 bits per heavy atom. The summed E-state index contributed by atoms with van der Waals surface area (Å²) in [5, 5.41) is 12.7. The van der Waals surface area contributed by atoms with E-state index in [0.29, 0.717) is 22.9 Å². The molecular weight excluding hydrogens is 634 g/mol. The van der Waals surface area contributed by atoms with Gasteiger partial charge in [0, 0.05) is 28.3 Å². The van der Waals surface area contributed by atoms with Crippen LogP contribution in [0.3, 0.4) is 0 Å². The number of aromatic nitrogens is 1. The number of carboxylic acid groups (broad SMARTS) is 1. The molecule has 3 heterocycles. The zero-order valence-electron chi connectivity index (χ0n) is 24.9. The minimum absolute atomic E-state index is 0.00579. The predicted octanol–water partition coefficient (Wildman–Crippen LogP) is 3.42. The molecule has 3 amide bonds. The lowest BCUT2D eigenvalue weighted by atomic mass is 9.68. The molecule has 7 atom stereocenters. The molecule has 1 saturated heterocycles. The van der Waals surface area contributed by atoms with Gasteiger partial charge in [-0.2, -0.15) is 0 Å². The van der Waals surface area contributed by atoms with Gasteiger partial charge in [-0.3, -0.25) is 28.9 Å². The van der Waals surface area contributed by atoms with Crippen molar-refractivity contribution >= 4 is 52.5 Å². The normalized spacial score (nSPS) is 27.2. The Bertz CT molecular complexity index is 1790. The molecule has 0 spiro atoms. The smallest absolute Gasteiger partial charge is 0.305 e. The van der Waals surface area contributed by atoms with Gasteiger partial charge in [-0.05, 0) is 66.1 Å². The van der Waals surface area contributed by atoms with Gasteiger partial charge in [0.15, 0.2) is 18.1 Å². The number of fused-ring (bicyclic) bond motifs is 9. The van der Waals surface area contributed by atoms with Gasteiger partial charge in [-0.1, -0.05) is 17.4 Å². The first-order valence-corrected chi connectivity index (χ1v) is 16.6. The van der Waals surface area contributed by atoms with E-state index in [1.807, 2.05) is 12.1 Å². The van der Waals surface area contributed by atoms with Gasteiger partial charge in [-0.25, -0.2) is 0 Å². The Hall–Kier alpha value is -4.30. The summed E-state index contributed by atoms with van der Waals surface area (Å²) < 4.78 is 16.7. The second-order valence-electron chi connectivity index (χ2n) is 11.9. The zero-order valence-corrected chi connectivity index (χ0v) is 26.5. The molecule has 2 aliphatic heterocycles. The third kappa shape index (κ3) is 5.03. The van der Waals surface area contributed by atoms with Crippen LogP contribution in [0.4, 0.5) is 5.69 Å². The van der Waals surface area contributed by atoms with Crippen LogP contribution in [0.2, 0.25) is 0 Å². The van der Waals surface area contributed by atoms with E-state index in [1.165, 1.54) is 7.11 Å². The van der Waals surface area contributed by atoms with Crippen LogP contribution in [0.15, 0.2) is 52.3 Å². The second kappa shape index (κ2) is 11.8. The standard InChI is InChI=1S/C32H31N3O9S2/c1-42-16-6-4-15(5-7-16)33-21(36)13-44-19-8-3-14(11-20(19)43-2)23-24-17-12-18(27(24)45-29-28(23)46-32(41)34-29)26-25(17)30(39)35(31(26)40)10-9-22(37)38/h3-8,11,17-18,23-27H,9-10,12-13H2,1-2H3,(H,33,36)(H,34,41)(H,37,38)/t17?,18?,23-,24?,25?,26?,27?/m1/s1. The average Bonchev–Trinajstić information content (AvgIpc) is 3.78. The van der Waals surface area contributed by atoms with Gasteiger partial charge in [0.2, 0.25) is 11.8 Å². The molecule has 2 aliphatic carbocycles. The van der Waals surface area contributed by atoms with Crippen molar-refractivity contribution < 1.29 is 38.5 Å². The molecule has 0 radical (unpaired) electrons. The van der Waals surface area contributed by atoms with Crippen LogP contribution < -0.4 is 24.4 Å². The number of carbonyl (C=O) groups is 4. The van der Waals surface area contributed by atoms with E-state index in [1.54, 1.807) is 49.2 Å². The molecule has 2 aromatic carbocycles. The third-order valence-corrected chi connectivity index (χ3v) is 12.2. The summed E-state index contributed by atoms with van der Waals surface area (Å²) in [5.41, 5.74) is 1.48. The number of hydrogen-bond acceptors (Lipinski definition) is 10. The van der Waals surface area contributed by atoms with Crippen molar-refractivity contribution in [3.63, 3.8) is 0 Å². The maximum Gasteiger partial charge on any atom is 0.305 e. The van der Waals surface area contributed by atoms with Crippen LogP contribution in [0, 0.1) is 29.6 Å². The minimum Gasteiger partial charge on any atom is -0.497 e. The number of imide groups is 1. The average molecular weight is 666 g/mol. The topological polar surface area (TPSA) is 164 Å². The van der Waals surface area contributed by atoms with Crippen molar-refractivity contribution in [3.05, 3.63) is 62.6 Å². The number of anilines is 1. The van der Waals surface area contributed by atoms with E-state index in [-0.39, 0.29) is 71.1 Å². The van der Waals surface area contributed by atoms with Crippen molar-refractivity contribution in [2.75, 3.05) is 32.7 Å². The van der Waals surface area contributed by atoms with Gasteiger partial charge in [0.25, 0.3) is 5.91 Å². The molecule has 3 N–H and O–H groups in total. The Morgan fingerprint density at radius 1 is 1.00 bits per heavy atom. The van der Waals surface area contributed by atoms with Crippen LogP contribution in [-0.4, -0.2) is 71.3 Å². The Balaban J connectivity index is 1.14. The fourth-order valence-corrected chi connectivity index (χ4v) is 10.8. The number of H-pyrrole nitrogens is 1. The third-order valence-electron chi connectivity index (χ3n) is 9.64. The van der Waals surface area contributed by atoms with Crippen molar-refractivity contribution in [2.24, 2.45) is 29.6 Å². The van der Waals surface area contributed by atoms with Crippen molar-refractivity contribution in [3.8, 4) is 17.2 Å². The largest absolute Gasteiger partial charge is 0.497 e. The molecule has 3 fully saturated rings. The zero-order chi connectivity index (χ0) is 32.3. The summed E-state index contributed by atoms with van der Waals surface area (Å²) in [6.07, 6.45) is 0.436. The van der Waals surface area contributed by atoms with Gasteiger partial charge >= 0.3 is 10.8 Å². The molecule has 12 nitrogen and oxygen atoms in total. The number of likely N-dealkylation sites (tertiary alicyclic amines) is 1. The summed E-state index contributed by atoms with van der Waals surface area (Å²) >= 11 is 2.73. The number of nitrogens with zero attached hydrogens (tertiary/aromatic N) is 1. The Morgan fingerprint density at radius 2 is 1.74 bits per heavy atom. The number of benzene rings is 2. The van der Waals surface area contributed by atoms with Crippen molar-refractivity contribution in [1.82, 2.24) is 9.88 Å². The monoisotopic (exact) mass is 665 g/mol. The maximum absolute atomic E-state index is 13.6. The highest BCUT2D eigenvalue weighted by atomic mass is 32.2. The number of methoxy groups -OCH3 is 2. The SMILES string of the molecule is COc1ccc(NC(=O)COc2ccc([C@H]3c4sc(=O)[nH]c4SC4C5CC(C6C(=O)N(CCC(=O)O)C(=O)C56)C43)cc2OC)cc1. The van der Waals surface area contributed by atoms with Gasteiger partial charge in [0.1, 0.15) is 5.75 Å². The number of amides is 3. The predicted molar refractivity (Wildman–Crippen MR) is 168 cm³/mol. The number of aliphatic carboxylic acids is 1. The van der Waals surface area contributed by atoms with Crippen LogP contribution in [0.1, 0.15) is 29.2 Å². The second-order valence-corrected chi connectivity index (χ2v) is 14.1. The number of carbonyl (C=O) groups excluding carboxylic acids is 3. The summed E-state index contributed by atoms with van der Waals surface area (Å²) in [7, 11) is 3.08. The molecule has 3 aromatic rings. The first-order valence-electron chi connectivity index (χ1n) is 14.9. The molecule has 4 aliphatic rings. The first kappa shape index (κ1) is 30.4. The van der Waals surface area contributed by atoms with E-state index in [2.05, 4.69) is 10.3 Å².